The summed E-state index contributed by atoms with van der Waals surface area (Å²) in [6.45, 7) is 4.07. The smallest absolute Gasteiger partial charge is 0.274 e. The van der Waals surface area contributed by atoms with Gasteiger partial charge in [0.25, 0.3) is 5.56 Å². The molecule has 0 atom stereocenters. The van der Waals surface area contributed by atoms with E-state index in [4.69, 9.17) is 4.74 Å². The molecule has 9 heteroatoms. The van der Waals surface area contributed by atoms with E-state index in [2.05, 4.69) is 57.6 Å². The minimum atomic E-state index is -0.306. The molecule has 0 amide bonds. The van der Waals surface area contributed by atoms with Crippen LogP contribution in [0.25, 0.3) is 0 Å². The SMILES string of the molecule is CCOc1c(Br)cc(/C=N/Nc2nnc(C)c(=O)[nH]2)cc1Br. The molecule has 0 radical (unpaired) electrons. The van der Waals surface area contributed by atoms with Gasteiger partial charge in [0, 0.05) is 0 Å². The summed E-state index contributed by atoms with van der Waals surface area (Å²) in [5.74, 6) is 0.914. The number of halogens is 2. The zero-order valence-corrected chi connectivity index (χ0v) is 15.0. The normalized spacial score (nSPS) is 10.9. The predicted molar refractivity (Wildman–Crippen MR) is 91.6 cm³/mol. The number of nitrogens with zero attached hydrogens (tertiary/aromatic N) is 3. The largest absolute Gasteiger partial charge is 0.492 e. The first-order valence-electron chi connectivity index (χ1n) is 6.35. The van der Waals surface area contributed by atoms with Gasteiger partial charge in [-0.25, -0.2) is 5.43 Å². The third-order valence-corrected chi connectivity index (χ3v) is 3.73. The lowest BCUT2D eigenvalue weighted by molar-refractivity contribution is 0.336. The molecule has 1 heterocycles. The minimum Gasteiger partial charge on any atom is -0.492 e. The zero-order valence-electron chi connectivity index (χ0n) is 11.9. The van der Waals surface area contributed by atoms with Crippen molar-refractivity contribution in [1.82, 2.24) is 15.2 Å². The number of hydrogen-bond donors (Lipinski definition) is 2. The average Bonchev–Trinajstić information content (AvgIpc) is 2.47. The molecule has 0 bridgehead atoms. The molecule has 0 unspecified atom stereocenters. The first-order valence-corrected chi connectivity index (χ1v) is 7.94. The summed E-state index contributed by atoms with van der Waals surface area (Å²) in [6.07, 6.45) is 1.59. The Morgan fingerprint density at radius 1 is 1.36 bits per heavy atom. The number of nitrogens with one attached hydrogen (secondary N) is 2. The second-order valence-electron chi connectivity index (χ2n) is 4.20. The number of aryl methyl sites for hydroxylation is 1. The number of H-pyrrole nitrogens is 1. The van der Waals surface area contributed by atoms with Crippen molar-refractivity contribution in [1.29, 1.82) is 0 Å². The Labute approximate surface area is 143 Å². The predicted octanol–water partition coefficient (Wildman–Crippen LogP) is 2.84. The quantitative estimate of drug-likeness (QED) is 0.562. The van der Waals surface area contributed by atoms with E-state index >= 15 is 0 Å². The van der Waals surface area contributed by atoms with Crippen molar-refractivity contribution in [3.05, 3.63) is 42.7 Å². The molecular formula is C13H13Br2N5O2. The van der Waals surface area contributed by atoms with Crippen molar-refractivity contribution in [3.8, 4) is 5.75 Å². The molecule has 7 nitrogen and oxygen atoms in total. The maximum Gasteiger partial charge on any atom is 0.274 e. The molecule has 1 aromatic heterocycles. The Hall–Kier alpha value is -1.74. The Bertz CT molecular complexity index is 737. The molecule has 0 fully saturated rings. The monoisotopic (exact) mass is 429 g/mol. The highest BCUT2D eigenvalue weighted by atomic mass is 79.9. The van der Waals surface area contributed by atoms with Crippen molar-refractivity contribution in [2.24, 2.45) is 5.10 Å². The summed E-state index contributed by atoms with van der Waals surface area (Å²) in [5.41, 5.74) is 3.44. The van der Waals surface area contributed by atoms with E-state index in [1.165, 1.54) is 0 Å². The molecule has 1 aromatic carbocycles. The average molecular weight is 431 g/mol. The van der Waals surface area contributed by atoms with E-state index in [1.807, 2.05) is 19.1 Å². The van der Waals surface area contributed by atoms with E-state index in [1.54, 1.807) is 13.1 Å². The van der Waals surface area contributed by atoms with Gasteiger partial charge in [-0.05, 0) is 63.4 Å². The summed E-state index contributed by atoms with van der Waals surface area (Å²) in [6, 6.07) is 3.73. The fourth-order valence-electron chi connectivity index (χ4n) is 1.55. The second kappa shape index (κ2) is 7.50. The number of ether oxygens (including phenoxy) is 1. The van der Waals surface area contributed by atoms with Crippen LogP contribution in [0.3, 0.4) is 0 Å². The van der Waals surface area contributed by atoms with Crippen LogP contribution in [0.1, 0.15) is 18.2 Å². The molecular weight excluding hydrogens is 418 g/mol. The highest BCUT2D eigenvalue weighted by Crippen LogP contribution is 2.34. The van der Waals surface area contributed by atoms with Gasteiger partial charge in [-0.15, -0.1) is 10.2 Å². The van der Waals surface area contributed by atoms with Crippen LogP contribution in [0, 0.1) is 6.92 Å². The van der Waals surface area contributed by atoms with Crippen molar-refractivity contribution >= 4 is 44.0 Å². The van der Waals surface area contributed by atoms with E-state index in [-0.39, 0.29) is 11.5 Å². The summed E-state index contributed by atoms with van der Waals surface area (Å²) in [7, 11) is 0. The van der Waals surface area contributed by atoms with Gasteiger partial charge in [0.2, 0.25) is 5.95 Å². The van der Waals surface area contributed by atoms with Gasteiger partial charge in [-0.3, -0.25) is 9.78 Å². The van der Waals surface area contributed by atoms with Crippen LogP contribution in [0.2, 0.25) is 0 Å². The number of aromatic amines is 1. The summed E-state index contributed by atoms with van der Waals surface area (Å²) < 4.78 is 7.14. The lowest BCUT2D eigenvalue weighted by Gasteiger charge is -2.09. The highest BCUT2D eigenvalue weighted by molar-refractivity contribution is 9.11. The van der Waals surface area contributed by atoms with Crippen LogP contribution >= 0.6 is 31.9 Å². The Balaban J connectivity index is 2.13. The van der Waals surface area contributed by atoms with Gasteiger partial charge >= 0.3 is 0 Å². The molecule has 2 N–H and O–H groups in total. The standard InChI is InChI=1S/C13H13Br2N5O2/c1-3-22-11-9(14)4-8(5-10(11)15)6-16-19-13-17-12(21)7(2)18-20-13/h4-6H,3H2,1-2H3,(H2,17,19,20,21)/b16-6+. The fraction of sp³-hybridized carbons (Fsp3) is 0.231. The van der Waals surface area contributed by atoms with E-state index < -0.39 is 0 Å². The van der Waals surface area contributed by atoms with Crippen LogP contribution in [0.4, 0.5) is 5.95 Å². The zero-order chi connectivity index (χ0) is 16.1. The molecule has 2 rings (SSSR count). The van der Waals surface area contributed by atoms with Crippen molar-refractivity contribution < 1.29 is 4.74 Å². The minimum absolute atomic E-state index is 0.177. The first kappa shape index (κ1) is 16.6. The molecule has 0 aliphatic rings. The summed E-state index contributed by atoms with van der Waals surface area (Å²) in [5, 5.41) is 11.5. The highest BCUT2D eigenvalue weighted by Gasteiger charge is 2.07. The number of rotatable bonds is 5. The number of benzene rings is 1. The van der Waals surface area contributed by atoms with Gasteiger partial charge in [-0.1, -0.05) is 0 Å². The summed E-state index contributed by atoms with van der Waals surface area (Å²) in [4.78, 5) is 13.9. The first-order chi connectivity index (χ1) is 10.5. The Kier molecular flexibility index (Phi) is 5.67. The molecule has 22 heavy (non-hydrogen) atoms. The van der Waals surface area contributed by atoms with Crippen LogP contribution in [-0.2, 0) is 0 Å². The van der Waals surface area contributed by atoms with E-state index in [9.17, 15) is 4.79 Å². The summed E-state index contributed by atoms with van der Waals surface area (Å²) >= 11 is 6.89. The molecule has 0 spiro atoms. The second-order valence-corrected chi connectivity index (χ2v) is 5.91. The number of hydrogen-bond acceptors (Lipinski definition) is 6. The van der Waals surface area contributed by atoms with Crippen LogP contribution in [0.5, 0.6) is 5.75 Å². The third kappa shape index (κ3) is 4.14. The number of aromatic nitrogens is 3. The van der Waals surface area contributed by atoms with Gasteiger partial charge in [0.05, 0.1) is 21.8 Å². The van der Waals surface area contributed by atoms with Gasteiger partial charge in [-0.2, -0.15) is 5.10 Å². The van der Waals surface area contributed by atoms with E-state index in [0.717, 1.165) is 20.3 Å². The molecule has 0 aliphatic heterocycles. The fourth-order valence-corrected chi connectivity index (χ4v) is 3.00. The Morgan fingerprint density at radius 3 is 2.64 bits per heavy atom. The molecule has 0 saturated carbocycles. The van der Waals surface area contributed by atoms with Crippen LogP contribution in [-0.4, -0.2) is 28.0 Å². The molecule has 116 valence electrons. The lowest BCUT2D eigenvalue weighted by Crippen LogP contribution is -2.15. The van der Waals surface area contributed by atoms with Gasteiger partial charge < -0.3 is 4.74 Å². The van der Waals surface area contributed by atoms with Crippen LogP contribution < -0.4 is 15.7 Å². The number of anilines is 1. The number of hydrazone groups is 1. The van der Waals surface area contributed by atoms with Gasteiger partial charge in [0.1, 0.15) is 11.4 Å². The lowest BCUT2D eigenvalue weighted by atomic mass is 10.2. The third-order valence-electron chi connectivity index (χ3n) is 2.55. The molecule has 2 aromatic rings. The van der Waals surface area contributed by atoms with Crippen molar-refractivity contribution in [2.45, 2.75) is 13.8 Å². The van der Waals surface area contributed by atoms with Crippen molar-refractivity contribution in [2.75, 3.05) is 12.0 Å². The molecule has 0 aliphatic carbocycles. The Morgan fingerprint density at radius 2 is 2.05 bits per heavy atom. The maximum atomic E-state index is 11.4. The maximum absolute atomic E-state index is 11.4. The van der Waals surface area contributed by atoms with Gasteiger partial charge in [0.15, 0.2) is 0 Å². The van der Waals surface area contributed by atoms with E-state index in [0.29, 0.717) is 12.3 Å². The molecule has 0 saturated heterocycles. The van der Waals surface area contributed by atoms with Crippen LogP contribution in [0.15, 0.2) is 31.0 Å². The van der Waals surface area contributed by atoms with Crippen molar-refractivity contribution in [3.63, 3.8) is 0 Å². The topological polar surface area (TPSA) is 92.3 Å².